The van der Waals surface area contributed by atoms with E-state index in [0.717, 1.165) is 16.0 Å². The van der Waals surface area contributed by atoms with Gasteiger partial charge in [-0.25, -0.2) is 4.79 Å². The van der Waals surface area contributed by atoms with Crippen LogP contribution in [0.3, 0.4) is 0 Å². The first-order chi connectivity index (χ1) is 7.67. The van der Waals surface area contributed by atoms with Gasteiger partial charge in [0.25, 0.3) is 0 Å². The average molecular weight is 239 g/mol. The first-order valence-electron chi connectivity index (χ1n) is 4.41. The van der Waals surface area contributed by atoms with E-state index in [9.17, 15) is 9.90 Å². The summed E-state index contributed by atoms with van der Waals surface area (Å²) in [6, 6.07) is 4.89. The molecule has 16 heavy (non-hydrogen) atoms. The van der Waals surface area contributed by atoms with Gasteiger partial charge in [0.15, 0.2) is 4.88 Å². The first-order valence-corrected chi connectivity index (χ1v) is 5.23. The van der Waals surface area contributed by atoms with Gasteiger partial charge < -0.3 is 9.84 Å². The number of esters is 1. The molecule has 84 valence electrons. The number of benzene rings is 1. The quantitative estimate of drug-likeness (QED) is 0.553. The topological polar surface area (TPSA) is 78.8 Å². The Morgan fingerprint density at radius 2 is 2.25 bits per heavy atom. The SMILES string of the molecule is COC(=O)c1sc2ccc(NO)cc2c1O. The Balaban J connectivity index is 2.64. The second-order valence-electron chi connectivity index (χ2n) is 3.09. The molecule has 0 saturated heterocycles. The third kappa shape index (κ3) is 1.58. The molecule has 0 unspecified atom stereocenters. The smallest absolute Gasteiger partial charge is 0.351 e. The zero-order chi connectivity index (χ0) is 11.7. The molecule has 2 rings (SSSR count). The fourth-order valence-corrected chi connectivity index (χ4v) is 2.38. The van der Waals surface area contributed by atoms with Crippen molar-refractivity contribution in [2.75, 3.05) is 12.6 Å². The van der Waals surface area contributed by atoms with Gasteiger partial charge in [-0.1, -0.05) is 0 Å². The molecule has 0 radical (unpaired) electrons. The average Bonchev–Trinajstić information content (AvgIpc) is 2.65. The van der Waals surface area contributed by atoms with Gasteiger partial charge in [-0.2, -0.15) is 0 Å². The van der Waals surface area contributed by atoms with Crippen molar-refractivity contribution < 1.29 is 19.8 Å². The summed E-state index contributed by atoms with van der Waals surface area (Å²) in [6.07, 6.45) is 0. The largest absolute Gasteiger partial charge is 0.505 e. The Morgan fingerprint density at radius 3 is 2.88 bits per heavy atom. The fraction of sp³-hybridized carbons (Fsp3) is 0.100. The second kappa shape index (κ2) is 3.99. The van der Waals surface area contributed by atoms with Crippen LogP contribution in [0.4, 0.5) is 5.69 Å². The van der Waals surface area contributed by atoms with Crippen molar-refractivity contribution in [3.05, 3.63) is 23.1 Å². The van der Waals surface area contributed by atoms with Crippen LogP contribution in [0.15, 0.2) is 18.2 Å². The van der Waals surface area contributed by atoms with E-state index in [1.807, 2.05) is 5.48 Å². The molecule has 0 aliphatic rings. The summed E-state index contributed by atoms with van der Waals surface area (Å²) in [5, 5.41) is 19.0. The summed E-state index contributed by atoms with van der Waals surface area (Å²) < 4.78 is 5.30. The van der Waals surface area contributed by atoms with Gasteiger partial charge in [0.2, 0.25) is 0 Å². The summed E-state index contributed by atoms with van der Waals surface area (Å²) >= 11 is 1.14. The molecule has 5 nitrogen and oxygen atoms in total. The molecular formula is C10H9NO4S. The van der Waals surface area contributed by atoms with Crippen LogP contribution in [0, 0.1) is 0 Å². The van der Waals surface area contributed by atoms with E-state index in [1.165, 1.54) is 7.11 Å². The lowest BCUT2D eigenvalue weighted by atomic mass is 10.2. The molecular weight excluding hydrogens is 230 g/mol. The standard InChI is InChI=1S/C10H9NO4S/c1-15-10(13)9-8(12)6-4-5(11-14)2-3-7(6)16-9/h2-4,11-12,14H,1H3. The van der Waals surface area contributed by atoms with Crippen molar-refractivity contribution in [1.29, 1.82) is 0 Å². The van der Waals surface area contributed by atoms with E-state index in [0.29, 0.717) is 11.1 Å². The number of hydrogen-bond acceptors (Lipinski definition) is 6. The van der Waals surface area contributed by atoms with E-state index < -0.39 is 5.97 Å². The van der Waals surface area contributed by atoms with Crippen molar-refractivity contribution in [2.45, 2.75) is 0 Å². The number of hydrogen-bond donors (Lipinski definition) is 3. The molecule has 0 aliphatic carbocycles. The van der Waals surface area contributed by atoms with E-state index in [1.54, 1.807) is 18.2 Å². The zero-order valence-electron chi connectivity index (χ0n) is 8.35. The molecule has 1 heterocycles. The minimum Gasteiger partial charge on any atom is -0.505 e. The van der Waals surface area contributed by atoms with Crippen molar-refractivity contribution >= 4 is 33.1 Å². The lowest BCUT2D eigenvalue weighted by molar-refractivity contribution is 0.0603. The van der Waals surface area contributed by atoms with Gasteiger partial charge >= 0.3 is 5.97 Å². The number of methoxy groups -OCH3 is 1. The summed E-state index contributed by atoms with van der Waals surface area (Å²) in [4.78, 5) is 11.5. The van der Waals surface area contributed by atoms with Crippen molar-refractivity contribution in [3.63, 3.8) is 0 Å². The highest BCUT2D eigenvalue weighted by molar-refractivity contribution is 7.21. The highest BCUT2D eigenvalue weighted by Gasteiger charge is 2.18. The van der Waals surface area contributed by atoms with Crippen LogP contribution in [0.5, 0.6) is 5.75 Å². The minimum absolute atomic E-state index is 0.121. The molecule has 0 amide bonds. The number of ether oxygens (including phenoxy) is 1. The Bertz CT molecular complexity index is 549. The molecule has 6 heteroatoms. The van der Waals surface area contributed by atoms with Crippen LogP contribution in [0.2, 0.25) is 0 Å². The van der Waals surface area contributed by atoms with E-state index in [-0.39, 0.29) is 10.6 Å². The molecule has 3 N–H and O–H groups in total. The number of anilines is 1. The number of carbonyl (C=O) groups is 1. The van der Waals surface area contributed by atoms with Gasteiger partial charge in [-0.05, 0) is 18.2 Å². The predicted octanol–water partition coefficient (Wildman–Crippen LogP) is 2.19. The summed E-state index contributed by atoms with van der Waals surface area (Å²) in [5.41, 5.74) is 2.42. The van der Waals surface area contributed by atoms with Crippen LogP contribution < -0.4 is 5.48 Å². The van der Waals surface area contributed by atoms with E-state index in [4.69, 9.17) is 5.21 Å². The van der Waals surface area contributed by atoms with Crippen molar-refractivity contribution in [1.82, 2.24) is 0 Å². The van der Waals surface area contributed by atoms with Crippen LogP contribution in [0.1, 0.15) is 9.67 Å². The van der Waals surface area contributed by atoms with E-state index in [2.05, 4.69) is 4.74 Å². The van der Waals surface area contributed by atoms with Crippen LogP contribution in [0.25, 0.3) is 10.1 Å². The molecule has 0 bridgehead atoms. The Labute approximate surface area is 94.9 Å². The van der Waals surface area contributed by atoms with Gasteiger partial charge in [0.1, 0.15) is 5.75 Å². The third-order valence-corrected chi connectivity index (χ3v) is 3.30. The Morgan fingerprint density at radius 1 is 1.50 bits per heavy atom. The number of aromatic hydroxyl groups is 1. The second-order valence-corrected chi connectivity index (χ2v) is 4.15. The number of thiophene rings is 1. The molecule has 0 atom stereocenters. The summed E-state index contributed by atoms with van der Waals surface area (Å²) in [6.45, 7) is 0. The van der Waals surface area contributed by atoms with E-state index >= 15 is 0 Å². The molecule has 0 fully saturated rings. The van der Waals surface area contributed by atoms with Crippen LogP contribution in [-0.2, 0) is 4.74 Å². The molecule has 1 aromatic heterocycles. The van der Waals surface area contributed by atoms with Crippen molar-refractivity contribution in [3.8, 4) is 5.75 Å². The molecule has 0 saturated carbocycles. The normalized spacial score (nSPS) is 10.4. The maximum Gasteiger partial charge on any atom is 0.351 e. The molecule has 0 spiro atoms. The lowest BCUT2D eigenvalue weighted by Gasteiger charge is -1.98. The molecule has 0 aliphatic heterocycles. The Kier molecular flexibility index (Phi) is 2.67. The minimum atomic E-state index is -0.572. The highest BCUT2D eigenvalue weighted by atomic mass is 32.1. The molecule has 2 aromatic rings. The van der Waals surface area contributed by atoms with Crippen LogP contribution >= 0.6 is 11.3 Å². The van der Waals surface area contributed by atoms with Gasteiger partial charge in [-0.3, -0.25) is 10.7 Å². The lowest BCUT2D eigenvalue weighted by Crippen LogP contribution is -1.97. The third-order valence-electron chi connectivity index (χ3n) is 2.16. The Hall–Kier alpha value is -1.79. The maximum atomic E-state index is 11.3. The molecule has 1 aromatic carbocycles. The number of rotatable bonds is 2. The number of nitrogens with one attached hydrogen (secondary N) is 1. The predicted molar refractivity (Wildman–Crippen MR) is 60.2 cm³/mol. The van der Waals surface area contributed by atoms with Gasteiger partial charge in [0.05, 0.1) is 12.8 Å². The number of carbonyl (C=O) groups excluding carboxylic acids is 1. The van der Waals surface area contributed by atoms with Gasteiger partial charge in [0, 0.05) is 10.1 Å². The summed E-state index contributed by atoms with van der Waals surface area (Å²) in [5.74, 6) is -0.693. The summed E-state index contributed by atoms with van der Waals surface area (Å²) in [7, 11) is 1.26. The number of fused-ring (bicyclic) bond motifs is 1. The fourth-order valence-electron chi connectivity index (χ4n) is 1.39. The maximum absolute atomic E-state index is 11.3. The van der Waals surface area contributed by atoms with Gasteiger partial charge in [-0.15, -0.1) is 11.3 Å². The zero-order valence-corrected chi connectivity index (χ0v) is 9.17. The first kappa shape index (κ1) is 10.7. The highest BCUT2D eigenvalue weighted by Crippen LogP contribution is 2.38. The van der Waals surface area contributed by atoms with Crippen LogP contribution in [-0.4, -0.2) is 23.4 Å². The monoisotopic (exact) mass is 239 g/mol. The van der Waals surface area contributed by atoms with Crippen molar-refractivity contribution in [2.24, 2.45) is 0 Å².